The molecule has 0 aliphatic carbocycles. The maximum atomic E-state index is 8.80. The molecule has 0 atom stereocenters. The molecule has 0 saturated heterocycles. The topological polar surface area (TPSA) is 59.1 Å². The van der Waals surface area contributed by atoms with Crippen LogP contribution in [-0.2, 0) is 0 Å². The van der Waals surface area contributed by atoms with Gasteiger partial charge in [-0.05, 0) is 41.1 Å². The number of aromatic nitrogens is 1. The quantitative estimate of drug-likeness (QED) is 0.854. The summed E-state index contributed by atoms with van der Waals surface area (Å²) in [5, 5.41) is 12.9. The first-order valence-electron chi connectivity index (χ1n) is 5.15. The van der Waals surface area contributed by atoms with E-state index in [0.717, 1.165) is 5.56 Å². The van der Waals surface area contributed by atoms with Gasteiger partial charge in [0.15, 0.2) is 11.5 Å². The van der Waals surface area contributed by atoms with Crippen molar-refractivity contribution in [3.8, 4) is 23.1 Å². The van der Waals surface area contributed by atoms with Crippen LogP contribution >= 0.6 is 27.5 Å². The molecule has 0 unspecified atom stereocenters. The van der Waals surface area contributed by atoms with E-state index in [1.807, 2.05) is 13.0 Å². The summed E-state index contributed by atoms with van der Waals surface area (Å²) in [4.78, 5) is 0. The first-order chi connectivity index (χ1) is 8.67. The Kier molecular flexibility index (Phi) is 3.90. The average Bonchev–Trinajstić information content (AvgIpc) is 2.73. The van der Waals surface area contributed by atoms with Crippen molar-refractivity contribution in [2.24, 2.45) is 0 Å². The molecule has 0 saturated carbocycles. The number of hydrogen-bond acceptors (Lipinski definition) is 4. The van der Waals surface area contributed by atoms with E-state index in [2.05, 4.69) is 21.1 Å². The molecule has 0 amide bonds. The van der Waals surface area contributed by atoms with Crippen LogP contribution < -0.4 is 4.74 Å². The average molecular weight is 328 g/mol. The van der Waals surface area contributed by atoms with Gasteiger partial charge in [0.1, 0.15) is 16.3 Å². The molecule has 6 heteroatoms. The van der Waals surface area contributed by atoms with E-state index in [9.17, 15) is 0 Å². The van der Waals surface area contributed by atoms with Crippen molar-refractivity contribution in [3.63, 3.8) is 0 Å². The molecule has 4 nitrogen and oxygen atoms in total. The zero-order valence-corrected chi connectivity index (χ0v) is 11.7. The van der Waals surface area contributed by atoms with Gasteiger partial charge in [0, 0.05) is 5.56 Å². The number of rotatable bonds is 3. The van der Waals surface area contributed by atoms with Crippen LogP contribution in [-0.4, -0.2) is 11.8 Å². The first-order valence-corrected chi connectivity index (χ1v) is 6.32. The first kappa shape index (κ1) is 12.9. The van der Waals surface area contributed by atoms with E-state index in [4.69, 9.17) is 26.1 Å². The van der Waals surface area contributed by atoms with Crippen molar-refractivity contribution in [2.75, 3.05) is 6.61 Å². The van der Waals surface area contributed by atoms with Gasteiger partial charge in [-0.15, -0.1) is 0 Å². The van der Waals surface area contributed by atoms with Crippen molar-refractivity contribution in [1.29, 1.82) is 5.26 Å². The number of nitriles is 1. The minimum atomic E-state index is 0.204. The number of nitrogens with zero attached hydrogens (tertiary/aromatic N) is 2. The molecule has 92 valence electrons. The van der Waals surface area contributed by atoms with E-state index in [1.54, 1.807) is 18.2 Å². The van der Waals surface area contributed by atoms with E-state index >= 15 is 0 Å². The van der Waals surface area contributed by atoms with Gasteiger partial charge in [-0.2, -0.15) is 5.26 Å². The van der Waals surface area contributed by atoms with E-state index in [0.29, 0.717) is 27.6 Å². The van der Waals surface area contributed by atoms with E-state index in [1.165, 1.54) is 0 Å². The monoisotopic (exact) mass is 326 g/mol. The van der Waals surface area contributed by atoms with Crippen LogP contribution in [0.25, 0.3) is 11.3 Å². The Labute approximate surface area is 117 Å². The predicted molar refractivity (Wildman–Crippen MR) is 70.5 cm³/mol. The van der Waals surface area contributed by atoms with Gasteiger partial charge in [-0.3, -0.25) is 0 Å². The van der Waals surface area contributed by atoms with E-state index < -0.39 is 0 Å². The molecule has 18 heavy (non-hydrogen) atoms. The third-order valence-corrected chi connectivity index (χ3v) is 3.27. The molecule has 1 heterocycles. The SMILES string of the molecule is CCOc1ccc(-c2onc(C#N)c2Br)cc1Cl. The van der Waals surface area contributed by atoms with Crippen molar-refractivity contribution >= 4 is 27.5 Å². The highest BCUT2D eigenvalue weighted by atomic mass is 79.9. The minimum absolute atomic E-state index is 0.204. The maximum absolute atomic E-state index is 8.80. The molecule has 1 aromatic heterocycles. The molecule has 0 fully saturated rings. The summed E-state index contributed by atoms with van der Waals surface area (Å²) in [6.07, 6.45) is 0. The summed E-state index contributed by atoms with van der Waals surface area (Å²) in [5.74, 6) is 1.08. The summed E-state index contributed by atoms with van der Waals surface area (Å²) >= 11 is 9.35. The molecule has 0 aliphatic rings. The van der Waals surface area contributed by atoms with E-state index in [-0.39, 0.29) is 5.69 Å². The smallest absolute Gasteiger partial charge is 0.198 e. The third kappa shape index (κ3) is 2.35. The standard InChI is InChI=1S/C12H8BrClN2O2/c1-2-17-10-4-3-7(5-8(10)14)12-11(13)9(6-15)16-18-12/h3-5H,2H2,1H3. The van der Waals surface area contributed by atoms with Crippen molar-refractivity contribution in [3.05, 3.63) is 33.4 Å². The summed E-state index contributed by atoms with van der Waals surface area (Å²) in [7, 11) is 0. The van der Waals surface area contributed by atoms with Crippen molar-refractivity contribution < 1.29 is 9.26 Å². The fraction of sp³-hybridized carbons (Fsp3) is 0.167. The summed E-state index contributed by atoms with van der Waals surface area (Å²) < 4.78 is 11.0. The largest absolute Gasteiger partial charge is 0.492 e. The lowest BCUT2D eigenvalue weighted by Gasteiger charge is -2.06. The van der Waals surface area contributed by atoms with Gasteiger partial charge in [0.25, 0.3) is 0 Å². The lowest BCUT2D eigenvalue weighted by molar-refractivity contribution is 0.340. The second-order valence-electron chi connectivity index (χ2n) is 3.36. The molecule has 0 spiro atoms. The Morgan fingerprint density at radius 3 is 2.89 bits per heavy atom. The summed E-state index contributed by atoms with van der Waals surface area (Å²) in [5.41, 5.74) is 0.930. The number of benzene rings is 1. The fourth-order valence-electron chi connectivity index (χ4n) is 1.44. The van der Waals surface area contributed by atoms with Crippen LogP contribution in [0.4, 0.5) is 0 Å². The van der Waals surface area contributed by atoms with Crippen LogP contribution in [0.2, 0.25) is 5.02 Å². The molecule has 0 radical (unpaired) electrons. The maximum Gasteiger partial charge on any atom is 0.198 e. The van der Waals surface area contributed by atoms with Crippen molar-refractivity contribution in [2.45, 2.75) is 6.92 Å². The Hall–Kier alpha value is -1.51. The number of halogens is 2. The van der Waals surface area contributed by atoms with Crippen LogP contribution in [0.3, 0.4) is 0 Å². The Morgan fingerprint density at radius 1 is 1.56 bits per heavy atom. The molecule has 0 N–H and O–H groups in total. The predicted octanol–water partition coefficient (Wildman–Crippen LogP) is 4.03. The Morgan fingerprint density at radius 2 is 2.33 bits per heavy atom. The van der Waals surface area contributed by atoms with Crippen LogP contribution in [0.15, 0.2) is 27.2 Å². The normalized spacial score (nSPS) is 10.1. The Bertz CT molecular complexity index is 619. The van der Waals surface area contributed by atoms with Gasteiger partial charge in [0.05, 0.1) is 11.6 Å². The molecule has 0 bridgehead atoms. The highest BCUT2D eigenvalue weighted by Crippen LogP contribution is 2.35. The second-order valence-corrected chi connectivity index (χ2v) is 4.56. The lowest BCUT2D eigenvalue weighted by atomic mass is 10.1. The van der Waals surface area contributed by atoms with Gasteiger partial charge in [-0.25, -0.2) is 0 Å². The van der Waals surface area contributed by atoms with Gasteiger partial charge in [0.2, 0.25) is 0 Å². The van der Waals surface area contributed by atoms with Crippen LogP contribution in [0.5, 0.6) is 5.75 Å². The van der Waals surface area contributed by atoms with Gasteiger partial charge >= 0.3 is 0 Å². The lowest BCUT2D eigenvalue weighted by Crippen LogP contribution is -1.92. The van der Waals surface area contributed by atoms with Crippen LogP contribution in [0.1, 0.15) is 12.6 Å². The molecule has 1 aromatic carbocycles. The number of hydrogen-bond donors (Lipinski definition) is 0. The molecule has 2 aromatic rings. The Balaban J connectivity index is 2.43. The fourth-order valence-corrected chi connectivity index (χ4v) is 2.14. The minimum Gasteiger partial charge on any atom is -0.492 e. The molecular formula is C12H8BrClN2O2. The van der Waals surface area contributed by atoms with Crippen LogP contribution in [0, 0.1) is 11.3 Å². The summed E-state index contributed by atoms with van der Waals surface area (Å²) in [6.45, 7) is 2.43. The van der Waals surface area contributed by atoms with Gasteiger partial charge < -0.3 is 9.26 Å². The second kappa shape index (κ2) is 5.42. The molecule has 0 aliphatic heterocycles. The highest BCUT2D eigenvalue weighted by molar-refractivity contribution is 9.10. The van der Waals surface area contributed by atoms with Gasteiger partial charge in [-0.1, -0.05) is 16.8 Å². The summed E-state index contributed by atoms with van der Waals surface area (Å²) in [6, 6.07) is 7.18. The highest BCUT2D eigenvalue weighted by Gasteiger charge is 2.16. The third-order valence-electron chi connectivity index (χ3n) is 2.24. The van der Waals surface area contributed by atoms with Crippen molar-refractivity contribution in [1.82, 2.24) is 5.16 Å². The molecular weight excluding hydrogens is 320 g/mol. The molecule has 2 rings (SSSR count). The number of ether oxygens (including phenoxy) is 1. The zero-order valence-electron chi connectivity index (χ0n) is 9.41. The zero-order chi connectivity index (χ0) is 13.1.